The predicted octanol–water partition coefficient (Wildman–Crippen LogP) is 3.24. The standard InChI is InChI=1S/C15H19NOS/c17-15(13-2-1-3-14(18)8-13)16(9-11-4-5-11)10-12-6-7-12/h1-3,8,11-12,18H,4-7,9-10H2. The number of hydrogen-bond donors (Lipinski definition) is 1. The van der Waals surface area contributed by atoms with Gasteiger partial charge < -0.3 is 4.90 Å². The highest BCUT2D eigenvalue weighted by molar-refractivity contribution is 7.80. The highest BCUT2D eigenvalue weighted by Gasteiger charge is 2.31. The highest BCUT2D eigenvalue weighted by atomic mass is 32.1. The van der Waals surface area contributed by atoms with Crippen LogP contribution in [-0.4, -0.2) is 23.9 Å². The molecule has 0 radical (unpaired) electrons. The van der Waals surface area contributed by atoms with Gasteiger partial charge in [0.05, 0.1) is 0 Å². The first-order valence-corrected chi connectivity index (χ1v) is 7.25. The highest BCUT2D eigenvalue weighted by Crippen LogP contribution is 2.34. The van der Waals surface area contributed by atoms with E-state index in [1.807, 2.05) is 24.3 Å². The van der Waals surface area contributed by atoms with Crippen LogP contribution in [0.4, 0.5) is 0 Å². The molecule has 3 heteroatoms. The zero-order chi connectivity index (χ0) is 12.5. The quantitative estimate of drug-likeness (QED) is 0.807. The summed E-state index contributed by atoms with van der Waals surface area (Å²) in [5, 5.41) is 0. The molecule has 0 bridgehead atoms. The van der Waals surface area contributed by atoms with E-state index in [1.54, 1.807) is 0 Å². The van der Waals surface area contributed by atoms with Crippen molar-refractivity contribution in [3.8, 4) is 0 Å². The summed E-state index contributed by atoms with van der Waals surface area (Å²) in [7, 11) is 0. The molecule has 2 nitrogen and oxygen atoms in total. The lowest BCUT2D eigenvalue weighted by Gasteiger charge is -2.22. The number of nitrogens with zero attached hydrogens (tertiary/aromatic N) is 1. The third-order valence-corrected chi connectivity index (χ3v) is 4.01. The lowest BCUT2D eigenvalue weighted by molar-refractivity contribution is 0.0739. The number of amides is 1. The van der Waals surface area contributed by atoms with Crippen LogP contribution >= 0.6 is 12.6 Å². The molecule has 1 amide bonds. The summed E-state index contributed by atoms with van der Waals surface area (Å²) in [6, 6.07) is 7.58. The topological polar surface area (TPSA) is 20.3 Å². The summed E-state index contributed by atoms with van der Waals surface area (Å²) >= 11 is 4.31. The Hall–Kier alpha value is -0.960. The summed E-state index contributed by atoms with van der Waals surface area (Å²) in [6.07, 6.45) is 5.17. The van der Waals surface area contributed by atoms with Gasteiger partial charge in [-0.25, -0.2) is 0 Å². The molecule has 1 aromatic rings. The van der Waals surface area contributed by atoms with Gasteiger partial charge in [0.2, 0.25) is 0 Å². The SMILES string of the molecule is O=C(c1cccc(S)c1)N(CC1CC1)CC1CC1. The van der Waals surface area contributed by atoms with E-state index < -0.39 is 0 Å². The van der Waals surface area contributed by atoms with Crippen molar-refractivity contribution < 1.29 is 4.79 Å². The van der Waals surface area contributed by atoms with Gasteiger partial charge in [-0.1, -0.05) is 6.07 Å². The van der Waals surface area contributed by atoms with E-state index in [9.17, 15) is 4.79 Å². The van der Waals surface area contributed by atoms with Crippen LogP contribution < -0.4 is 0 Å². The van der Waals surface area contributed by atoms with Crippen molar-refractivity contribution in [2.24, 2.45) is 11.8 Å². The fourth-order valence-electron chi connectivity index (χ4n) is 2.29. The molecule has 1 aromatic carbocycles. The van der Waals surface area contributed by atoms with Gasteiger partial charge in [-0.3, -0.25) is 4.79 Å². The van der Waals surface area contributed by atoms with Crippen LogP contribution in [0, 0.1) is 11.8 Å². The van der Waals surface area contributed by atoms with E-state index in [0.717, 1.165) is 35.4 Å². The van der Waals surface area contributed by atoms with E-state index >= 15 is 0 Å². The van der Waals surface area contributed by atoms with Crippen LogP contribution in [0.15, 0.2) is 29.2 Å². The van der Waals surface area contributed by atoms with Crippen LogP contribution in [0.2, 0.25) is 0 Å². The van der Waals surface area contributed by atoms with Crippen molar-refractivity contribution in [1.29, 1.82) is 0 Å². The molecule has 3 rings (SSSR count). The van der Waals surface area contributed by atoms with E-state index in [4.69, 9.17) is 0 Å². The van der Waals surface area contributed by atoms with Gasteiger partial charge >= 0.3 is 0 Å². The Labute approximate surface area is 114 Å². The molecule has 0 heterocycles. The normalized spacial score (nSPS) is 18.7. The average molecular weight is 261 g/mol. The third-order valence-electron chi connectivity index (χ3n) is 3.73. The number of hydrogen-bond acceptors (Lipinski definition) is 2. The third kappa shape index (κ3) is 3.08. The Morgan fingerprint density at radius 2 is 1.78 bits per heavy atom. The number of thiol groups is 1. The Morgan fingerprint density at radius 1 is 1.17 bits per heavy atom. The van der Waals surface area contributed by atoms with Gasteiger partial charge in [-0.2, -0.15) is 0 Å². The summed E-state index contributed by atoms with van der Waals surface area (Å²) in [6.45, 7) is 1.90. The first-order valence-electron chi connectivity index (χ1n) is 6.80. The zero-order valence-corrected chi connectivity index (χ0v) is 11.4. The van der Waals surface area contributed by atoms with E-state index in [1.165, 1.54) is 25.7 Å². The fraction of sp³-hybridized carbons (Fsp3) is 0.533. The van der Waals surface area contributed by atoms with Crippen LogP contribution in [-0.2, 0) is 0 Å². The number of carbonyl (C=O) groups excluding carboxylic acids is 1. The Morgan fingerprint density at radius 3 is 2.28 bits per heavy atom. The predicted molar refractivity (Wildman–Crippen MR) is 75.0 cm³/mol. The van der Waals surface area contributed by atoms with Crippen molar-refractivity contribution in [3.63, 3.8) is 0 Å². The second kappa shape index (κ2) is 4.96. The van der Waals surface area contributed by atoms with Crippen molar-refractivity contribution in [3.05, 3.63) is 29.8 Å². The van der Waals surface area contributed by atoms with Gasteiger partial charge in [0.1, 0.15) is 0 Å². The summed E-state index contributed by atoms with van der Waals surface area (Å²) in [5.41, 5.74) is 0.781. The minimum atomic E-state index is 0.185. The maximum absolute atomic E-state index is 12.5. The van der Waals surface area contributed by atoms with E-state index in [-0.39, 0.29) is 5.91 Å². The minimum absolute atomic E-state index is 0.185. The second-order valence-corrected chi connectivity index (χ2v) is 6.16. The Bertz CT molecular complexity index is 438. The maximum atomic E-state index is 12.5. The van der Waals surface area contributed by atoms with Gasteiger partial charge in [0.15, 0.2) is 0 Å². The average Bonchev–Trinajstić information content (AvgIpc) is 3.22. The van der Waals surface area contributed by atoms with Crippen molar-refractivity contribution in [2.45, 2.75) is 30.6 Å². The molecule has 0 atom stereocenters. The largest absolute Gasteiger partial charge is 0.338 e. The molecular weight excluding hydrogens is 242 g/mol. The molecule has 96 valence electrons. The fourth-order valence-corrected chi connectivity index (χ4v) is 2.51. The minimum Gasteiger partial charge on any atom is -0.338 e. The maximum Gasteiger partial charge on any atom is 0.253 e. The monoisotopic (exact) mass is 261 g/mol. The molecule has 2 aliphatic rings. The number of carbonyl (C=O) groups is 1. The molecular formula is C15H19NOS. The molecule has 0 N–H and O–H groups in total. The number of benzene rings is 1. The molecule has 2 fully saturated rings. The molecule has 0 aromatic heterocycles. The van der Waals surface area contributed by atoms with E-state index in [0.29, 0.717) is 0 Å². The van der Waals surface area contributed by atoms with Crippen LogP contribution in [0.25, 0.3) is 0 Å². The lowest BCUT2D eigenvalue weighted by Crippen LogP contribution is -2.34. The zero-order valence-electron chi connectivity index (χ0n) is 10.5. The molecule has 0 saturated heterocycles. The molecule has 2 saturated carbocycles. The van der Waals surface area contributed by atoms with Crippen LogP contribution in [0.5, 0.6) is 0 Å². The number of rotatable bonds is 5. The molecule has 2 aliphatic carbocycles. The second-order valence-electron chi connectivity index (χ2n) is 5.65. The molecule has 0 spiro atoms. The Kier molecular flexibility index (Phi) is 3.33. The van der Waals surface area contributed by atoms with Gasteiger partial charge in [0, 0.05) is 23.5 Å². The summed E-state index contributed by atoms with van der Waals surface area (Å²) < 4.78 is 0. The molecule has 0 aliphatic heterocycles. The summed E-state index contributed by atoms with van der Waals surface area (Å²) in [5.74, 6) is 1.70. The van der Waals surface area contributed by atoms with Crippen molar-refractivity contribution >= 4 is 18.5 Å². The van der Waals surface area contributed by atoms with Crippen molar-refractivity contribution in [1.82, 2.24) is 4.90 Å². The van der Waals surface area contributed by atoms with Gasteiger partial charge in [0.25, 0.3) is 5.91 Å². The van der Waals surface area contributed by atoms with Gasteiger partial charge in [-0.15, -0.1) is 12.6 Å². The molecule has 18 heavy (non-hydrogen) atoms. The Balaban J connectivity index is 1.72. The smallest absolute Gasteiger partial charge is 0.253 e. The van der Waals surface area contributed by atoms with Crippen LogP contribution in [0.1, 0.15) is 36.0 Å². The molecule has 0 unspecified atom stereocenters. The van der Waals surface area contributed by atoms with Crippen LogP contribution in [0.3, 0.4) is 0 Å². The van der Waals surface area contributed by atoms with Crippen molar-refractivity contribution in [2.75, 3.05) is 13.1 Å². The first kappa shape index (κ1) is 12.1. The van der Waals surface area contributed by atoms with E-state index in [2.05, 4.69) is 17.5 Å². The summed E-state index contributed by atoms with van der Waals surface area (Å²) in [4.78, 5) is 15.4. The lowest BCUT2D eigenvalue weighted by atomic mass is 10.2. The van der Waals surface area contributed by atoms with Gasteiger partial charge in [-0.05, 0) is 55.7 Å². The first-order chi connectivity index (χ1) is 8.72.